The summed E-state index contributed by atoms with van der Waals surface area (Å²) in [4.78, 5) is 0. The van der Waals surface area contributed by atoms with Crippen LogP contribution in [-0.4, -0.2) is 7.11 Å². The van der Waals surface area contributed by atoms with E-state index in [1.165, 1.54) is 44.9 Å². The van der Waals surface area contributed by atoms with Crippen LogP contribution in [-0.2, 0) is 0 Å². The second-order valence-corrected chi connectivity index (χ2v) is 5.26. The third kappa shape index (κ3) is 6.11. The first-order valence-electron chi connectivity index (χ1n) is 7.68. The largest absolute Gasteiger partial charge is 0.496 e. The number of nitrogens with two attached hydrogens (primary N) is 1. The minimum Gasteiger partial charge on any atom is -0.496 e. The van der Waals surface area contributed by atoms with Crippen LogP contribution in [0.15, 0.2) is 24.3 Å². The highest BCUT2D eigenvalue weighted by Gasteiger charge is 2.10. The first kappa shape index (κ1) is 16.0. The molecule has 1 rings (SSSR count). The van der Waals surface area contributed by atoms with Gasteiger partial charge in [0.05, 0.1) is 7.11 Å². The standard InChI is InChI=1S/C17H29NO/c1-3-4-5-6-7-8-9-13-16(18)15-12-10-11-14-17(15)19-2/h10-12,14,16H,3-9,13,18H2,1-2H3. The average Bonchev–Trinajstić information content (AvgIpc) is 2.46. The van der Waals surface area contributed by atoms with Crippen LogP contribution in [0.25, 0.3) is 0 Å². The molecule has 0 bridgehead atoms. The third-order valence-corrected chi connectivity index (χ3v) is 3.66. The van der Waals surface area contributed by atoms with E-state index in [1.807, 2.05) is 18.2 Å². The van der Waals surface area contributed by atoms with E-state index in [9.17, 15) is 0 Å². The van der Waals surface area contributed by atoms with Crippen molar-refractivity contribution in [3.05, 3.63) is 29.8 Å². The molecule has 1 atom stereocenters. The van der Waals surface area contributed by atoms with Crippen molar-refractivity contribution >= 4 is 0 Å². The van der Waals surface area contributed by atoms with E-state index >= 15 is 0 Å². The summed E-state index contributed by atoms with van der Waals surface area (Å²) in [5, 5.41) is 0. The number of unbranched alkanes of at least 4 members (excludes halogenated alkanes) is 6. The zero-order valence-electron chi connectivity index (χ0n) is 12.5. The fourth-order valence-corrected chi connectivity index (χ4v) is 2.45. The first-order valence-corrected chi connectivity index (χ1v) is 7.68. The van der Waals surface area contributed by atoms with Crippen molar-refractivity contribution in [2.24, 2.45) is 5.73 Å². The van der Waals surface area contributed by atoms with E-state index in [0.717, 1.165) is 17.7 Å². The average molecular weight is 263 g/mol. The summed E-state index contributed by atoms with van der Waals surface area (Å²) in [6.45, 7) is 2.26. The lowest BCUT2D eigenvalue weighted by Gasteiger charge is -2.15. The summed E-state index contributed by atoms with van der Waals surface area (Å²) in [5.41, 5.74) is 7.39. The Bertz CT molecular complexity index is 338. The van der Waals surface area contributed by atoms with Gasteiger partial charge < -0.3 is 10.5 Å². The zero-order valence-corrected chi connectivity index (χ0v) is 12.5. The van der Waals surface area contributed by atoms with Gasteiger partial charge in [-0.3, -0.25) is 0 Å². The lowest BCUT2D eigenvalue weighted by Crippen LogP contribution is -2.11. The van der Waals surface area contributed by atoms with Gasteiger partial charge in [-0.1, -0.05) is 70.1 Å². The third-order valence-electron chi connectivity index (χ3n) is 3.66. The van der Waals surface area contributed by atoms with Gasteiger partial charge in [0.25, 0.3) is 0 Å². The van der Waals surface area contributed by atoms with Crippen LogP contribution >= 0.6 is 0 Å². The van der Waals surface area contributed by atoms with Gasteiger partial charge in [-0.2, -0.15) is 0 Å². The quantitative estimate of drug-likeness (QED) is 0.613. The molecule has 0 amide bonds. The molecule has 0 aliphatic heterocycles. The van der Waals surface area contributed by atoms with Crippen molar-refractivity contribution in [1.82, 2.24) is 0 Å². The van der Waals surface area contributed by atoms with Crippen LogP contribution in [0.5, 0.6) is 5.75 Å². The summed E-state index contributed by atoms with van der Waals surface area (Å²) < 4.78 is 5.36. The topological polar surface area (TPSA) is 35.2 Å². The molecule has 2 nitrogen and oxygen atoms in total. The van der Waals surface area contributed by atoms with E-state index in [1.54, 1.807) is 7.11 Å². The summed E-state index contributed by atoms with van der Waals surface area (Å²) in [5.74, 6) is 0.915. The van der Waals surface area contributed by atoms with Crippen molar-refractivity contribution in [2.75, 3.05) is 7.11 Å². The van der Waals surface area contributed by atoms with Crippen LogP contribution in [0.1, 0.15) is 69.9 Å². The lowest BCUT2D eigenvalue weighted by atomic mass is 9.99. The van der Waals surface area contributed by atoms with E-state index in [4.69, 9.17) is 10.5 Å². The van der Waals surface area contributed by atoms with Crippen molar-refractivity contribution in [1.29, 1.82) is 0 Å². The smallest absolute Gasteiger partial charge is 0.123 e. The molecule has 108 valence electrons. The van der Waals surface area contributed by atoms with Crippen molar-refractivity contribution in [3.63, 3.8) is 0 Å². The Morgan fingerprint density at radius 2 is 1.63 bits per heavy atom. The van der Waals surface area contributed by atoms with Crippen molar-refractivity contribution in [3.8, 4) is 5.75 Å². The molecule has 0 fully saturated rings. The second kappa shape index (κ2) is 9.85. The van der Waals surface area contributed by atoms with E-state index in [2.05, 4.69) is 13.0 Å². The lowest BCUT2D eigenvalue weighted by molar-refractivity contribution is 0.403. The number of benzene rings is 1. The molecule has 1 aromatic carbocycles. The number of hydrogen-bond donors (Lipinski definition) is 1. The van der Waals surface area contributed by atoms with E-state index in [0.29, 0.717) is 0 Å². The van der Waals surface area contributed by atoms with Crippen molar-refractivity contribution in [2.45, 2.75) is 64.3 Å². The maximum atomic E-state index is 6.25. The molecule has 1 aromatic rings. The highest BCUT2D eigenvalue weighted by atomic mass is 16.5. The Kier molecular flexibility index (Phi) is 8.31. The second-order valence-electron chi connectivity index (χ2n) is 5.26. The number of rotatable bonds is 10. The van der Waals surface area contributed by atoms with E-state index < -0.39 is 0 Å². The summed E-state index contributed by atoms with van der Waals surface area (Å²) in [6, 6.07) is 8.18. The van der Waals surface area contributed by atoms with E-state index in [-0.39, 0.29) is 6.04 Å². The molecular weight excluding hydrogens is 234 g/mol. The summed E-state index contributed by atoms with van der Waals surface area (Å²) in [7, 11) is 1.71. The fourth-order valence-electron chi connectivity index (χ4n) is 2.45. The minimum absolute atomic E-state index is 0.104. The Balaban J connectivity index is 2.22. The van der Waals surface area contributed by atoms with Gasteiger partial charge in [-0.05, 0) is 12.5 Å². The Morgan fingerprint density at radius 3 is 2.32 bits per heavy atom. The number of hydrogen-bond acceptors (Lipinski definition) is 2. The van der Waals surface area contributed by atoms with Gasteiger partial charge in [0, 0.05) is 11.6 Å². The molecule has 2 heteroatoms. The summed E-state index contributed by atoms with van der Waals surface area (Å²) >= 11 is 0. The molecule has 0 aliphatic rings. The van der Waals surface area contributed by atoms with Crippen LogP contribution < -0.4 is 10.5 Å². The van der Waals surface area contributed by atoms with Crippen LogP contribution in [0, 0.1) is 0 Å². The SMILES string of the molecule is CCCCCCCCCC(N)c1ccccc1OC. The van der Waals surface area contributed by atoms with Crippen LogP contribution in [0.4, 0.5) is 0 Å². The molecule has 0 aromatic heterocycles. The monoisotopic (exact) mass is 263 g/mol. The molecule has 1 unspecified atom stereocenters. The normalized spacial score (nSPS) is 12.4. The molecule has 0 heterocycles. The van der Waals surface area contributed by atoms with Gasteiger partial charge in [0.15, 0.2) is 0 Å². The molecule has 0 saturated heterocycles. The van der Waals surface area contributed by atoms with Gasteiger partial charge in [-0.15, -0.1) is 0 Å². The van der Waals surface area contributed by atoms with Gasteiger partial charge in [0.2, 0.25) is 0 Å². The fraction of sp³-hybridized carbons (Fsp3) is 0.647. The van der Waals surface area contributed by atoms with Crippen LogP contribution in [0.2, 0.25) is 0 Å². The van der Waals surface area contributed by atoms with Gasteiger partial charge in [-0.25, -0.2) is 0 Å². The minimum atomic E-state index is 0.104. The molecule has 0 saturated carbocycles. The zero-order chi connectivity index (χ0) is 13.9. The molecular formula is C17H29NO. The Labute approximate surface area is 118 Å². The first-order chi connectivity index (χ1) is 9.29. The highest BCUT2D eigenvalue weighted by molar-refractivity contribution is 5.35. The van der Waals surface area contributed by atoms with Crippen molar-refractivity contribution < 1.29 is 4.74 Å². The maximum Gasteiger partial charge on any atom is 0.123 e. The molecule has 0 radical (unpaired) electrons. The molecule has 2 N–H and O–H groups in total. The highest BCUT2D eigenvalue weighted by Crippen LogP contribution is 2.26. The number of methoxy groups -OCH3 is 1. The molecule has 0 spiro atoms. The van der Waals surface area contributed by atoms with Gasteiger partial charge in [0.1, 0.15) is 5.75 Å². The molecule has 19 heavy (non-hydrogen) atoms. The van der Waals surface area contributed by atoms with Gasteiger partial charge >= 0.3 is 0 Å². The predicted octanol–water partition coefficient (Wildman–Crippen LogP) is 4.84. The number of para-hydroxylation sites is 1. The predicted molar refractivity (Wildman–Crippen MR) is 82.5 cm³/mol. The maximum absolute atomic E-state index is 6.25. The Morgan fingerprint density at radius 1 is 1.00 bits per heavy atom. The number of ether oxygens (including phenoxy) is 1. The van der Waals surface area contributed by atoms with Crippen LogP contribution in [0.3, 0.4) is 0 Å². The summed E-state index contributed by atoms with van der Waals surface area (Å²) in [6.07, 6.45) is 10.4. The Hall–Kier alpha value is -1.02. The molecule has 0 aliphatic carbocycles.